The number of phenols is 4. The SMILES string of the molecule is C=C(C)c1ccccc1.C=C(N=C(C)c1c2ccccc2c(-c2c(C)c(O)c(O)c(O)c2O)c2ccccc12)c1ccc2c3ccccc3c3ccccc3c2c1. The van der Waals surface area contributed by atoms with E-state index >= 15 is 0 Å². The Bertz CT molecular complexity index is 3000. The van der Waals surface area contributed by atoms with Crippen LogP contribution in [0.15, 0.2) is 164 Å². The van der Waals surface area contributed by atoms with Gasteiger partial charge in [-0.25, -0.2) is 0 Å². The molecule has 9 rings (SSSR count). The molecule has 0 aliphatic rings. The van der Waals surface area contributed by atoms with E-state index in [4.69, 9.17) is 4.99 Å². The molecule has 57 heavy (non-hydrogen) atoms. The summed E-state index contributed by atoms with van der Waals surface area (Å²) in [6.07, 6.45) is 0. The Hall–Kier alpha value is -7.37. The Balaban J connectivity index is 0.000000448. The molecule has 0 radical (unpaired) electrons. The molecule has 0 spiro atoms. The number of benzene rings is 9. The molecule has 9 aromatic carbocycles. The molecular weight excluding hydrogens is 703 g/mol. The first kappa shape index (κ1) is 36.6. The average molecular weight is 744 g/mol. The molecule has 0 amide bonds. The second-order valence-electron chi connectivity index (χ2n) is 14.4. The van der Waals surface area contributed by atoms with Crippen molar-refractivity contribution in [3.8, 4) is 34.1 Å². The number of phenolic OH excluding ortho intramolecular Hbond substituents is 4. The van der Waals surface area contributed by atoms with Crippen molar-refractivity contribution in [2.45, 2.75) is 20.8 Å². The van der Waals surface area contributed by atoms with Crippen LogP contribution in [0, 0.1) is 6.92 Å². The zero-order valence-electron chi connectivity index (χ0n) is 32.0. The summed E-state index contributed by atoms with van der Waals surface area (Å²) in [5.41, 5.74) is 6.69. The van der Waals surface area contributed by atoms with Crippen LogP contribution in [0.1, 0.15) is 36.1 Å². The summed E-state index contributed by atoms with van der Waals surface area (Å²) in [5, 5.41) is 53.0. The third-order valence-electron chi connectivity index (χ3n) is 10.8. The Labute approximate surface area is 331 Å². The van der Waals surface area contributed by atoms with E-state index in [0.29, 0.717) is 11.3 Å². The molecule has 0 heterocycles. The largest absolute Gasteiger partial charge is 0.504 e. The van der Waals surface area contributed by atoms with Crippen molar-refractivity contribution in [1.82, 2.24) is 0 Å². The van der Waals surface area contributed by atoms with Crippen LogP contribution in [0.4, 0.5) is 0 Å². The smallest absolute Gasteiger partial charge is 0.204 e. The number of allylic oxidation sites excluding steroid dienone is 1. The zero-order valence-corrected chi connectivity index (χ0v) is 32.0. The van der Waals surface area contributed by atoms with Crippen molar-refractivity contribution in [3.63, 3.8) is 0 Å². The monoisotopic (exact) mass is 743 g/mol. The number of nitrogens with zero attached hydrogens (tertiary/aromatic N) is 1. The number of aliphatic imine (C=N–C) groups is 1. The van der Waals surface area contributed by atoms with E-state index in [2.05, 4.69) is 92.0 Å². The molecule has 0 aliphatic carbocycles. The number of fused-ring (bicyclic) bond motifs is 8. The third kappa shape index (κ3) is 6.29. The molecule has 5 nitrogen and oxygen atoms in total. The van der Waals surface area contributed by atoms with Crippen molar-refractivity contribution in [2.75, 3.05) is 0 Å². The first-order valence-corrected chi connectivity index (χ1v) is 18.8. The second kappa shape index (κ2) is 14.7. The third-order valence-corrected chi connectivity index (χ3v) is 10.8. The minimum absolute atomic E-state index is 0.247. The highest BCUT2D eigenvalue weighted by Gasteiger charge is 2.26. The fraction of sp³-hybridized carbons (Fsp3) is 0.0577. The predicted octanol–water partition coefficient (Wildman–Crippen LogP) is 13.5. The lowest BCUT2D eigenvalue weighted by Gasteiger charge is -2.20. The van der Waals surface area contributed by atoms with E-state index in [0.717, 1.165) is 49.3 Å². The van der Waals surface area contributed by atoms with E-state index in [1.54, 1.807) is 6.92 Å². The molecule has 0 aromatic heterocycles. The fourth-order valence-corrected chi connectivity index (χ4v) is 8.04. The summed E-state index contributed by atoms with van der Waals surface area (Å²) < 4.78 is 0. The predicted molar refractivity (Wildman–Crippen MR) is 240 cm³/mol. The summed E-state index contributed by atoms with van der Waals surface area (Å²) in [7, 11) is 0. The van der Waals surface area contributed by atoms with E-state index in [-0.39, 0.29) is 11.1 Å². The topological polar surface area (TPSA) is 93.3 Å². The van der Waals surface area contributed by atoms with Crippen LogP contribution in [-0.4, -0.2) is 26.1 Å². The summed E-state index contributed by atoms with van der Waals surface area (Å²) in [4.78, 5) is 5.10. The minimum atomic E-state index is -0.768. The van der Waals surface area contributed by atoms with Gasteiger partial charge in [-0.05, 0) is 86.3 Å². The van der Waals surface area contributed by atoms with Gasteiger partial charge in [0.05, 0.1) is 5.70 Å². The lowest BCUT2D eigenvalue weighted by molar-refractivity contribution is 0.345. The molecule has 0 fully saturated rings. The van der Waals surface area contributed by atoms with Gasteiger partial charge in [0, 0.05) is 33.5 Å². The maximum Gasteiger partial charge on any atom is 0.204 e. The molecule has 0 unspecified atom stereocenters. The first-order valence-electron chi connectivity index (χ1n) is 18.8. The Morgan fingerprint density at radius 3 is 1.33 bits per heavy atom. The number of hydrogen-bond donors (Lipinski definition) is 4. The van der Waals surface area contributed by atoms with Crippen molar-refractivity contribution in [3.05, 3.63) is 181 Å². The minimum Gasteiger partial charge on any atom is -0.504 e. The first-order chi connectivity index (χ1) is 27.6. The van der Waals surface area contributed by atoms with E-state index in [1.807, 2.05) is 80.6 Å². The average Bonchev–Trinajstić information content (AvgIpc) is 3.25. The zero-order chi connectivity index (χ0) is 40.0. The van der Waals surface area contributed by atoms with Crippen LogP contribution in [-0.2, 0) is 0 Å². The number of hydrogen-bond acceptors (Lipinski definition) is 5. The normalized spacial score (nSPS) is 11.6. The molecule has 9 aromatic rings. The lowest BCUT2D eigenvalue weighted by Crippen LogP contribution is -2.01. The number of rotatable bonds is 5. The molecule has 4 N–H and O–H groups in total. The van der Waals surface area contributed by atoms with Crippen molar-refractivity contribution in [1.29, 1.82) is 0 Å². The number of aromatic hydroxyl groups is 4. The highest BCUT2D eigenvalue weighted by atomic mass is 16.3. The van der Waals surface area contributed by atoms with Crippen LogP contribution in [0.2, 0.25) is 0 Å². The van der Waals surface area contributed by atoms with E-state index < -0.39 is 23.0 Å². The molecule has 278 valence electrons. The molecule has 0 saturated carbocycles. The van der Waals surface area contributed by atoms with Gasteiger partial charge in [0.1, 0.15) is 0 Å². The molecule has 0 saturated heterocycles. The van der Waals surface area contributed by atoms with Crippen LogP contribution < -0.4 is 0 Å². The van der Waals surface area contributed by atoms with Gasteiger partial charge in [0.25, 0.3) is 0 Å². The van der Waals surface area contributed by atoms with Gasteiger partial charge in [0.15, 0.2) is 11.5 Å². The van der Waals surface area contributed by atoms with Crippen molar-refractivity contribution < 1.29 is 20.4 Å². The van der Waals surface area contributed by atoms with Gasteiger partial charge < -0.3 is 20.4 Å². The molecule has 0 atom stereocenters. The fourth-order valence-electron chi connectivity index (χ4n) is 8.04. The summed E-state index contributed by atoms with van der Waals surface area (Å²) in [6.45, 7) is 13.8. The van der Waals surface area contributed by atoms with Gasteiger partial charge in [-0.3, -0.25) is 4.99 Å². The van der Waals surface area contributed by atoms with Gasteiger partial charge in [-0.15, -0.1) is 0 Å². The quantitative estimate of drug-likeness (QED) is 0.0464. The van der Waals surface area contributed by atoms with Gasteiger partial charge in [0.2, 0.25) is 11.5 Å². The van der Waals surface area contributed by atoms with Crippen LogP contribution in [0.25, 0.3) is 76.3 Å². The van der Waals surface area contributed by atoms with Crippen LogP contribution in [0.3, 0.4) is 0 Å². The summed E-state index contributed by atoms with van der Waals surface area (Å²) >= 11 is 0. The molecular formula is C52H41NO4. The van der Waals surface area contributed by atoms with E-state index in [9.17, 15) is 20.4 Å². The van der Waals surface area contributed by atoms with E-state index in [1.165, 1.54) is 32.5 Å². The lowest BCUT2D eigenvalue weighted by atomic mass is 9.85. The van der Waals surface area contributed by atoms with Gasteiger partial charge in [-0.2, -0.15) is 0 Å². The Morgan fingerprint density at radius 1 is 0.421 bits per heavy atom. The van der Waals surface area contributed by atoms with Crippen LogP contribution >= 0.6 is 0 Å². The summed E-state index contributed by atoms with van der Waals surface area (Å²) in [6, 6.07) is 49.2. The van der Waals surface area contributed by atoms with Crippen LogP contribution in [0.5, 0.6) is 23.0 Å². The van der Waals surface area contributed by atoms with Crippen molar-refractivity contribution in [2.24, 2.45) is 4.99 Å². The molecule has 0 aliphatic heterocycles. The van der Waals surface area contributed by atoms with Crippen molar-refractivity contribution >= 4 is 70.8 Å². The highest BCUT2D eigenvalue weighted by molar-refractivity contribution is 6.27. The van der Waals surface area contributed by atoms with Gasteiger partial charge >= 0.3 is 0 Å². The Morgan fingerprint density at radius 2 is 0.842 bits per heavy atom. The van der Waals surface area contributed by atoms with Gasteiger partial charge in [-0.1, -0.05) is 158 Å². The molecule has 0 bridgehead atoms. The maximum absolute atomic E-state index is 11.1. The standard InChI is InChI=1S/C43H31NO4.C9H10/c1-23-37(41(46)43(48)42(47)40(23)45)39-34-18-10-8-16-32(34)38(33-17-9-11-19-35(33)39)25(3)44-24(2)26-20-21-31-29-14-5-4-12-27(29)28-13-6-7-15-30(28)36(31)22-26;1-8(2)9-6-4-3-5-7-9/h4-22,45-48H,2H2,1,3H3;3-7H,1H2,2H3. The molecule has 5 heteroatoms. The summed E-state index contributed by atoms with van der Waals surface area (Å²) in [5.74, 6) is -2.50. The Kier molecular flexibility index (Phi) is 9.44. The second-order valence-corrected chi connectivity index (χ2v) is 14.4. The highest BCUT2D eigenvalue weighted by Crippen LogP contribution is 2.53. The maximum atomic E-state index is 11.1.